The van der Waals surface area contributed by atoms with Crippen LogP contribution in [0.5, 0.6) is 0 Å². The summed E-state index contributed by atoms with van der Waals surface area (Å²) in [6, 6.07) is 11.8. The summed E-state index contributed by atoms with van der Waals surface area (Å²) in [5.41, 5.74) is 4.23. The molecule has 28 heavy (non-hydrogen) atoms. The smallest absolute Gasteiger partial charge is 0.246 e. The Morgan fingerprint density at radius 1 is 0.929 bits per heavy atom. The number of fused-ring (bicyclic) bond motifs is 1. The first kappa shape index (κ1) is 20.4. The molecular formula is C21H27N3O3S. The minimum absolute atomic E-state index is 0.170. The highest BCUT2D eigenvalue weighted by Crippen LogP contribution is 2.25. The van der Waals surface area contributed by atoms with Crippen molar-refractivity contribution in [2.75, 3.05) is 10.6 Å². The molecule has 0 fully saturated rings. The van der Waals surface area contributed by atoms with Crippen molar-refractivity contribution in [2.24, 2.45) is 0 Å². The molecule has 1 aliphatic rings. The van der Waals surface area contributed by atoms with E-state index in [1.165, 1.54) is 29.7 Å². The summed E-state index contributed by atoms with van der Waals surface area (Å²) in [5, 5.41) is 6.05. The van der Waals surface area contributed by atoms with Crippen molar-refractivity contribution in [2.45, 2.75) is 57.0 Å². The Morgan fingerprint density at radius 2 is 1.57 bits per heavy atom. The fraction of sp³-hybridized carbons (Fsp3) is 0.381. The van der Waals surface area contributed by atoms with E-state index in [0.717, 1.165) is 18.5 Å². The van der Waals surface area contributed by atoms with Gasteiger partial charge in [-0.3, -0.25) is 4.79 Å². The predicted molar refractivity (Wildman–Crippen MR) is 112 cm³/mol. The van der Waals surface area contributed by atoms with E-state index in [1.54, 1.807) is 32.9 Å². The molecular weight excluding hydrogens is 374 g/mol. The molecule has 0 radical (unpaired) electrons. The standard InChI is InChI=1S/C21H27N3O3S/c1-14(2)24-28(26,27)20-11-9-18(10-12-20)23-21(25)15(3)22-19-8-7-16-5-4-6-17(16)13-19/h7-15,22,24H,4-6H2,1-3H3,(H,23,25). The van der Waals surface area contributed by atoms with Crippen LogP contribution in [0.2, 0.25) is 0 Å². The quantitative estimate of drug-likeness (QED) is 0.664. The highest BCUT2D eigenvalue weighted by molar-refractivity contribution is 7.89. The Balaban J connectivity index is 1.61. The number of hydrogen-bond acceptors (Lipinski definition) is 4. The lowest BCUT2D eigenvalue weighted by molar-refractivity contribution is -0.116. The zero-order valence-electron chi connectivity index (χ0n) is 16.5. The zero-order valence-corrected chi connectivity index (χ0v) is 17.3. The van der Waals surface area contributed by atoms with Gasteiger partial charge in [0.15, 0.2) is 0 Å². The number of nitrogens with one attached hydrogen (secondary N) is 3. The number of hydrogen-bond donors (Lipinski definition) is 3. The van der Waals surface area contributed by atoms with Crippen molar-refractivity contribution in [3.05, 3.63) is 53.6 Å². The van der Waals surface area contributed by atoms with Crippen LogP contribution in [0, 0.1) is 0 Å². The third-order valence-electron chi connectivity index (χ3n) is 4.70. The van der Waals surface area contributed by atoms with Crippen molar-refractivity contribution in [3.8, 4) is 0 Å². The molecule has 0 saturated heterocycles. The van der Waals surface area contributed by atoms with Crippen molar-refractivity contribution < 1.29 is 13.2 Å². The lowest BCUT2D eigenvalue weighted by Gasteiger charge is -2.16. The van der Waals surface area contributed by atoms with Gasteiger partial charge in [0, 0.05) is 17.4 Å². The van der Waals surface area contributed by atoms with E-state index in [0.29, 0.717) is 5.69 Å². The van der Waals surface area contributed by atoms with E-state index in [1.807, 2.05) is 6.07 Å². The van der Waals surface area contributed by atoms with Crippen LogP contribution in [0.1, 0.15) is 38.3 Å². The molecule has 7 heteroatoms. The molecule has 1 unspecified atom stereocenters. The molecule has 2 aromatic rings. The summed E-state index contributed by atoms with van der Waals surface area (Å²) in [7, 11) is -3.54. The van der Waals surface area contributed by atoms with Crippen LogP contribution >= 0.6 is 0 Å². The Labute approximate surface area is 166 Å². The minimum atomic E-state index is -3.54. The van der Waals surface area contributed by atoms with Gasteiger partial charge in [0.2, 0.25) is 15.9 Å². The summed E-state index contributed by atoms with van der Waals surface area (Å²) in [6.45, 7) is 5.33. The van der Waals surface area contributed by atoms with Gasteiger partial charge < -0.3 is 10.6 Å². The first-order chi connectivity index (χ1) is 13.2. The molecule has 3 N–H and O–H groups in total. The van der Waals surface area contributed by atoms with Crippen LogP contribution in [0.15, 0.2) is 47.4 Å². The summed E-state index contributed by atoms with van der Waals surface area (Å²) in [6.07, 6.45) is 3.41. The van der Waals surface area contributed by atoms with Gasteiger partial charge in [-0.1, -0.05) is 6.07 Å². The average Bonchev–Trinajstić information content (AvgIpc) is 3.08. The van der Waals surface area contributed by atoms with Crippen molar-refractivity contribution in [1.82, 2.24) is 4.72 Å². The second-order valence-corrected chi connectivity index (χ2v) is 9.21. The van der Waals surface area contributed by atoms with Gasteiger partial charge in [-0.15, -0.1) is 0 Å². The monoisotopic (exact) mass is 401 g/mol. The maximum Gasteiger partial charge on any atom is 0.246 e. The number of carbonyl (C=O) groups excluding carboxylic acids is 1. The molecule has 150 valence electrons. The maximum absolute atomic E-state index is 12.5. The lowest BCUT2D eigenvalue weighted by Crippen LogP contribution is -2.32. The van der Waals surface area contributed by atoms with Gasteiger partial charge >= 0.3 is 0 Å². The number of benzene rings is 2. The van der Waals surface area contributed by atoms with E-state index in [4.69, 9.17) is 0 Å². The molecule has 0 saturated carbocycles. The molecule has 0 heterocycles. The van der Waals surface area contributed by atoms with Crippen LogP contribution < -0.4 is 15.4 Å². The molecule has 0 aromatic heterocycles. The first-order valence-corrected chi connectivity index (χ1v) is 11.0. The van der Waals surface area contributed by atoms with E-state index >= 15 is 0 Å². The predicted octanol–water partition coefficient (Wildman–Crippen LogP) is 3.30. The summed E-state index contributed by atoms with van der Waals surface area (Å²) >= 11 is 0. The van der Waals surface area contributed by atoms with Crippen molar-refractivity contribution >= 4 is 27.3 Å². The molecule has 1 amide bonds. The normalized spacial score (nSPS) is 14.6. The van der Waals surface area contributed by atoms with Crippen molar-refractivity contribution in [3.63, 3.8) is 0 Å². The van der Waals surface area contributed by atoms with Gasteiger partial charge in [0.25, 0.3) is 0 Å². The molecule has 0 spiro atoms. The number of sulfonamides is 1. The summed E-state index contributed by atoms with van der Waals surface area (Å²) in [4.78, 5) is 12.6. The van der Waals surface area contributed by atoms with Gasteiger partial charge in [-0.05, 0) is 87.6 Å². The minimum Gasteiger partial charge on any atom is -0.374 e. The van der Waals surface area contributed by atoms with Crippen molar-refractivity contribution in [1.29, 1.82) is 0 Å². The third kappa shape index (κ3) is 4.91. The van der Waals surface area contributed by atoms with Crippen LogP contribution in [0.4, 0.5) is 11.4 Å². The second kappa shape index (κ2) is 8.32. The molecule has 2 aromatic carbocycles. The van der Waals surface area contributed by atoms with E-state index in [9.17, 15) is 13.2 Å². The molecule has 0 aliphatic heterocycles. The van der Waals surface area contributed by atoms with Crippen LogP contribution in [0.3, 0.4) is 0 Å². The van der Waals surface area contributed by atoms with Gasteiger partial charge in [0.05, 0.1) is 4.90 Å². The topological polar surface area (TPSA) is 87.3 Å². The zero-order chi connectivity index (χ0) is 20.3. The highest BCUT2D eigenvalue weighted by Gasteiger charge is 2.17. The van der Waals surface area contributed by atoms with E-state index in [-0.39, 0.29) is 16.8 Å². The van der Waals surface area contributed by atoms with E-state index < -0.39 is 16.1 Å². The van der Waals surface area contributed by atoms with Crippen LogP contribution in [-0.2, 0) is 27.7 Å². The number of rotatable bonds is 7. The Bertz CT molecular complexity index is 953. The third-order valence-corrected chi connectivity index (χ3v) is 6.37. The molecule has 0 bridgehead atoms. The summed E-state index contributed by atoms with van der Waals surface area (Å²) < 4.78 is 26.9. The number of aryl methyl sites for hydroxylation is 2. The maximum atomic E-state index is 12.5. The number of amides is 1. The lowest BCUT2D eigenvalue weighted by atomic mass is 10.1. The number of carbonyl (C=O) groups is 1. The summed E-state index contributed by atoms with van der Waals surface area (Å²) in [5.74, 6) is -0.184. The fourth-order valence-electron chi connectivity index (χ4n) is 3.32. The highest BCUT2D eigenvalue weighted by atomic mass is 32.2. The second-order valence-electron chi connectivity index (χ2n) is 7.49. The SMILES string of the molecule is CC(C)NS(=O)(=O)c1ccc(NC(=O)C(C)Nc2ccc3c(c2)CCC3)cc1. The molecule has 3 rings (SSSR count). The van der Waals surface area contributed by atoms with Crippen LogP contribution in [-0.4, -0.2) is 26.4 Å². The van der Waals surface area contributed by atoms with Gasteiger partial charge in [-0.2, -0.15) is 0 Å². The largest absolute Gasteiger partial charge is 0.374 e. The first-order valence-electron chi connectivity index (χ1n) is 9.56. The van der Waals surface area contributed by atoms with Gasteiger partial charge in [-0.25, -0.2) is 13.1 Å². The Morgan fingerprint density at radius 3 is 2.25 bits per heavy atom. The molecule has 1 aliphatic carbocycles. The fourth-order valence-corrected chi connectivity index (χ4v) is 4.57. The van der Waals surface area contributed by atoms with Crippen LogP contribution in [0.25, 0.3) is 0 Å². The Hall–Kier alpha value is -2.38. The molecule has 6 nitrogen and oxygen atoms in total. The van der Waals surface area contributed by atoms with E-state index in [2.05, 4.69) is 27.5 Å². The number of anilines is 2. The molecule has 1 atom stereocenters. The van der Waals surface area contributed by atoms with Gasteiger partial charge in [0.1, 0.15) is 6.04 Å². The average molecular weight is 402 g/mol. The Kier molecular flexibility index (Phi) is 6.05.